The third-order valence-corrected chi connectivity index (χ3v) is 3.62. The van der Waals surface area contributed by atoms with Gasteiger partial charge in [-0.3, -0.25) is 9.59 Å². The van der Waals surface area contributed by atoms with Gasteiger partial charge in [-0.25, -0.2) is 0 Å². The van der Waals surface area contributed by atoms with Crippen LogP contribution in [0.3, 0.4) is 0 Å². The summed E-state index contributed by atoms with van der Waals surface area (Å²) in [7, 11) is 0. The van der Waals surface area contributed by atoms with Gasteiger partial charge in [-0.1, -0.05) is 13.0 Å². The van der Waals surface area contributed by atoms with Gasteiger partial charge in [-0.05, 0) is 31.0 Å². The second kappa shape index (κ2) is 8.00. The fourth-order valence-electron chi connectivity index (χ4n) is 2.49. The van der Waals surface area contributed by atoms with Crippen LogP contribution in [0.1, 0.15) is 36.5 Å². The van der Waals surface area contributed by atoms with Gasteiger partial charge in [0.25, 0.3) is 5.91 Å². The monoisotopic (exact) mass is 311 g/mol. The highest BCUT2D eigenvalue weighted by molar-refractivity contribution is 5.97. The van der Waals surface area contributed by atoms with Crippen LogP contribution in [0.15, 0.2) is 24.3 Å². The zero-order valence-electron chi connectivity index (χ0n) is 12.2. The van der Waals surface area contributed by atoms with Crippen LogP contribution in [0.5, 0.6) is 0 Å². The Morgan fingerprint density at radius 2 is 2.19 bits per heavy atom. The minimum Gasteiger partial charge on any atom is -0.334 e. The van der Waals surface area contributed by atoms with Crippen molar-refractivity contribution in [3.63, 3.8) is 0 Å². The third kappa shape index (κ3) is 4.19. The van der Waals surface area contributed by atoms with Crippen molar-refractivity contribution >= 4 is 29.9 Å². The molecule has 5 nitrogen and oxygen atoms in total. The normalized spacial score (nSPS) is 17.2. The molecule has 1 fully saturated rings. The molecule has 2 rings (SSSR count). The van der Waals surface area contributed by atoms with E-state index in [4.69, 9.17) is 5.73 Å². The first kappa shape index (κ1) is 17.5. The van der Waals surface area contributed by atoms with Crippen molar-refractivity contribution in [3.05, 3.63) is 29.8 Å². The Balaban J connectivity index is 0.00000220. The molecular formula is C15H22ClN3O2. The number of carbonyl (C=O) groups is 2. The molecule has 1 unspecified atom stereocenters. The molecule has 0 radical (unpaired) electrons. The first-order valence-corrected chi connectivity index (χ1v) is 7.06. The Hall–Kier alpha value is -1.59. The number of carbonyl (C=O) groups excluding carboxylic acids is 2. The fourth-order valence-corrected chi connectivity index (χ4v) is 2.49. The maximum absolute atomic E-state index is 12.5. The van der Waals surface area contributed by atoms with Crippen LogP contribution in [0.2, 0.25) is 0 Å². The van der Waals surface area contributed by atoms with E-state index in [-0.39, 0.29) is 30.3 Å². The van der Waals surface area contributed by atoms with Crippen molar-refractivity contribution in [2.24, 2.45) is 5.73 Å². The topological polar surface area (TPSA) is 75.4 Å². The van der Waals surface area contributed by atoms with Gasteiger partial charge in [0.2, 0.25) is 5.91 Å². The highest BCUT2D eigenvalue weighted by Crippen LogP contribution is 2.20. The van der Waals surface area contributed by atoms with Gasteiger partial charge in [0.1, 0.15) is 0 Å². The third-order valence-electron chi connectivity index (χ3n) is 3.62. The summed E-state index contributed by atoms with van der Waals surface area (Å²) in [6, 6.07) is 7.20. The Labute approximate surface area is 131 Å². The molecule has 1 atom stereocenters. The largest absolute Gasteiger partial charge is 0.334 e. The number of benzene rings is 1. The molecule has 1 aliphatic heterocycles. The average molecular weight is 312 g/mol. The van der Waals surface area contributed by atoms with Crippen molar-refractivity contribution in [1.29, 1.82) is 0 Å². The molecule has 116 valence electrons. The minimum atomic E-state index is -0.0596. The number of halogens is 1. The van der Waals surface area contributed by atoms with E-state index in [2.05, 4.69) is 5.32 Å². The molecule has 0 aliphatic carbocycles. The van der Waals surface area contributed by atoms with Gasteiger partial charge in [-0.2, -0.15) is 0 Å². The highest BCUT2D eigenvalue weighted by atomic mass is 35.5. The Morgan fingerprint density at radius 1 is 1.43 bits per heavy atom. The maximum Gasteiger partial charge on any atom is 0.254 e. The Bertz CT molecular complexity index is 507. The predicted octanol–water partition coefficient (Wildman–Crippen LogP) is 2.02. The number of anilines is 1. The van der Waals surface area contributed by atoms with Gasteiger partial charge in [-0.15, -0.1) is 12.4 Å². The molecule has 1 aromatic rings. The lowest BCUT2D eigenvalue weighted by Gasteiger charge is -2.23. The molecule has 0 bridgehead atoms. The first-order valence-electron chi connectivity index (χ1n) is 7.06. The van der Waals surface area contributed by atoms with E-state index in [0.29, 0.717) is 24.2 Å². The number of hydrogen-bond acceptors (Lipinski definition) is 3. The smallest absolute Gasteiger partial charge is 0.254 e. The summed E-state index contributed by atoms with van der Waals surface area (Å²) in [4.78, 5) is 25.7. The number of nitrogens with zero attached hydrogens (tertiary/aromatic N) is 1. The SMILES string of the molecule is CCC(=O)Nc1cccc(C(=O)N2CCCC2CN)c1.Cl. The summed E-state index contributed by atoms with van der Waals surface area (Å²) in [5.74, 6) is -0.0684. The zero-order valence-corrected chi connectivity index (χ0v) is 13.0. The Kier molecular flexibility index (Phi) is 6.65. The summed E-state index contributed by atoms with van der Waals surface area (Å²) < 4.78 is 0. The minimum absolute atomic E-state index is 0. The van der Waals surface area contributed by atoms with E-state index in [0.717, 1.165) is 19.4 Å². The molecule has 6 heteroatoms. The molecule has 3 N–H and O–H groups in total. The van der Waals surface area contributed by atoms with Crippen LogP contribution < -0.4 is 11.1 Å². The fraction of sp³-hybridized carbons (Fsp3) is 0.467. The van der Waals surface area contributed by atoms with E-state index in [1.807, 2.05) is 4.90 Å². The maximum atomic E-state index is 12.5. The van der Waals surface area contributed by atoms with Crippen molar-refractivity contribution in [3.8, 4) is 0 Å². The van der Waals surface area contributed by atoms with Crippen LogP contribution >= 0.6 is 12.4 Å². The lowest BCUT2D eigenvalue weighted by Crippen LogP contribution is -2.39. The first-order chi connectivity index (χ1) is 9.65. The van der Waals surface area contributed by atoms with Gasteiger partial charge in [0.05, 0.1) is 0 Å². The van der Waals surface area contributed by atoms with Gasteiger partial charge in [0.15, 0.2) is 0 Å². The van der Waals surface area contributed by atoms with E-state index in [9.17, 15) is 9.59 Å². The van der Waals surface area contributed by atoms with Crippen LogP contribution in [-0.4, -0.2) is 35.8 Å². The van der Waals surface area contributed by atoms with Gasteiger partial charge in [0, 0.05) is 36.8 Å². The molecule has 1 aliphatic rings. The van der Waals surface area contributed by atoms with Crippen LogP contribution in [0.25, 0.3) is 0 Å². The summed E-state index contributed by atoms with van der Waals surface area (Å²) in [5, 5.41) is 2.77. The molecule has 0 spiro atoms. The summed E-state index contributed by atoms with van der Waals surface area (Å²) in [5.41, 5.74) is 6.96. The molecule has 0 saturated carbocycles. The average Bonchev–Trinajstić information content (AvgIpc) is 2.95. The quantitative estimate of drug-likeness (QED) is 0.893. The van der Waals surface area contributed by atoms with Crippen molar-refractivity contribution in [2.45, 2.75) is 32.2 Å². The van der Waals surface area contributed by atoms with Crippen LogP contribution in [0, 0.1) is 0 Å². The van der Waals surface area contributed by atoms with Crippen molar-refractivity contribution in [2.75, 3.05) is 18.4 Å². The number of hydrogen-bond donors (Lipinski definition) is 2. The van der Waals surface area contributed by atoms with Gasteiger partial charge >= 0.3 is 0 Å². The van der Waals surface area contributed by atoms with Crippen molar-refractivity contribution in [1.82, 2.24) is 4.90 Å². The molecule has 0 aromatic heterocycles. The van der Waals surface area contributed by atoms with Crippen molar-refractivity contribution < 1.29 is 9.59 Å². The second-order valence-electron chi connectivity index (χ2n) is 5.01. The lowest BCUT2D eigenvalue weighted by molar-refractivity contribution is -0.115. The van der Waals surface area contributed by atoms with E-state index in [1.54, 1.807) is 31.2 Å². The second-order valence-corrected chi connectivity index (χ2v) is 5.01. The van der Waals surface area contributed by atoms with Crippen LogP contribution in [-0.2, 0) is 4.79 Å². The highest BCUT2D eigenvalue weighted by Gasteiger charge is 2.28. The standard InChI is InChI=1S/C15H21N3O2.ClH/c1-2-14(19)17-12-6-3-5-11(9-12)15(20)18-8-4-7-13(18)10-16;/h3,5-6,9,13H,2,4,7-8,10,16H2,1H3,(H,17,19);1H. The molecule has 1 heterocycles. The Morgan fingerprint density at radius 3 is 2.86 bits per heavy atom. The number of amides is 2. The molecule has 1 saturated heterocycles. The van der Waals surface area contributed by atoms with E-state index in [1.165, 1.54) is 0 Å². The molecule has 1 aromatic carbocycles. The number of nitrogens with one attached hydrogen (secondary N) is 1. The summed E-state index contributed by atoms with van der Waals surface area (Å²) in [6.45, 7) is 3.05. The molecule has 2 amide bonds. The predicted molar refractivity (Wildman–Crippen MR) is 85.7 cm³/mol. The number of likely N-dealkylation sites (tertiary alicyclic amines) is 1. The zero-order chi connectivity index (χ0) is 14.5. The van der Waals surface area contributed by atoms with Crippen LogP contribution in [0.4, 0.5) is 5.69 Å². The summed E-state index contributed by atoms with van der Waals surface area (Å²) >= 11 is 0. The molecule has 21 heavy (non-hydrogen) atoms. The lowest BCUT2D eigenvalue weighted by atomic mass is 10.1. The number of nitrogens with two attached hydrogens (primary N) is 1. The summed E-state index contributed by atoms with van der Waals surface area (Å²) in [6.07, 6.45) is 2.38. The number of rotatable bonds is 4. The molecular weight excluding hydrogens is 290 g/mol. The van der Waals surface area contributed by atoms with E-state index >= 15 is 0 Å². The van der Waals surface area contributed by atoms with E-state index < -0.39 is 0 Å². The van der Waals surface area contributed by atoms with Gasteiger partial charge < -0.3 is 16.0 Å².